The Morgan fingerprint density at radius 2 is 2.13 bits per heavy atom. The highest BCUT2D eigenvalue weighted by molar-refractivity contribution is 7.99. The second kappa shape index (κ2) is 6.63. The topological polar surface area (TPSA) is 107 Å². The number of nitrogens with one attached hydrogen (secondary N) is 1. The summed E-state index contributed by atoms with van der Waals surface area (Å²) >= 11 is 1.17. The van der Waals surface area contributed by atoms with Crippen molar-refractivity contribution in [3.05, 3.63) is 29.8 Å². The molecule has 0 unspecified atom stereocenters. The van der Waals surface area contributed by atoms with Crippen LogP contribution in [0.3, 0.4) is 0 Å². The van der Waals surface area contributed by atoms with E-state index in [9.17, 15) is 13.2 Å². The van der Waals surface area contributed by atoms with E-state index in [1.165, 1.54) is 16.4 Å². The number of aryl methyl sites for hydroxylation is 1. The average Bonchev–Trinajstić information content (AvgIpc) is 2.75. The van der Waals surface area contributed by atoms with Gasteiger partial charge in [0.25, 0.3) is 0 Å². The number of nitrogens with two attached hydrogens (primary N) is 1. The molecule has 0 aliphatic rings. The molecular formula is C14H18N4O3S2. The number of anilines is 2. The molecule has 1 aromatic carbocycles. The first-order valence-corrected chi connectivity index (χ1v) is 9.81. The number of hydrogen-bond donors (Lipinski definition) is 2. The van der Waals surface area contributed by atoms with E-state index in [0.717, 1.165) is 11.8 Å². The Balaban J connectivity index is 2.23. The lowest BCUT2D eigenvalue weighted by Crippen LogP contribution is -2.21. The molecule has 0 fully saturated rings. The largest absolute Gasteiger partial charge is 0.383 e. The van der Waals surface area contributed by atoms with Crippen molar-refractivity contribution in [2.24, 2.45) is 0 Å². The van der Waals surface area contributed by atoms with E-state index in [1.807, 2.05) is 25.1 Å². The molecule has 2 rings (SSSR count). The van der Waals surface area contributed by atoms with Crippen LogP contribution in [0.4, 0.5) is 11.5 Å². The minimum atomic E-state index is -3.52. The van der Waals surface area contributed by atoms with Gasteiger partial charge in [-0.3, -0.25) is 4.79 Å². The first-order chi connectivity index (χ1) is 10.7. The van der Waals surface area contributed by atoms with Crippen LogP contribution in [0, 0.1) is 6.92 Å². The third kappa shape index (κ3) is 4.05. The lowest BCUT2D eigenvalue weighted by atomic mass is 10.2. The van der Waals surface area contributed by atoms with Gasteiger partial charge in [-0.05, 0) is 30.9 Å². The highest BCUT2D eigenvalue weighted by atomic mass is 32.2. The van der Waals surface area contributed by atoms with Crippen LogP contribution in [0.2, 0.25) is 0 Å². The number of carbonyl (C=O) groups is 1. The Morgan fingerprint density at radius 3 is 2.65 bits per heavy atom. The molecule has 1 heterocycles. The lowest BCUT2D eigenvalue weighted by Gasteiger charge is -2.07. The van der Waals surface area contributed by atoms with Crippen molar-refractivity contribution >= 4 is 39.0 Å². The normalized spacial score (nSPS) is 11.4. The van der Waals surface area contributed by atoms with E-state index in [4.69, 9.17) is 5.73 Å². The fourth-order valence-electron chi connectivity index (χ4n) is 2.10. The maximum atomic E-state index is 12.1. The molecule has 0 atom stereocenters. The van der Waals surface area contributed by atoms with Crippen LogP contribution in [0.5, 0.6) is 0 Å². The summed E-state index contributed by atoms with van der Waals surface area (Å²) in [4.78, 5) is 12.1. The van der Waals surface area contributed by atoms with Gasteiger partial charge in [0.2, 0.25) is 5.91 Å². The first kappa shape index (κ1) is 17.4. The molecule has 2 aromatic rings. The summed E-state index contributed by atoms with van der Waals surface area (Å²) in [5.74, 6) is -0.367. The number of nitrogens with zero attached hydrogens (tertiary/aromatic N) is 2. The zero-order valence-electron chi connectivity index (χ0n) is 13.0. The molecule has 0 aliphatic carbocycles. The fraction of sp³-hybridized carbons (Fsp3) is 0.286. The number of thioether (sulfide) groups is 1. The van der Waals surface area contributed by atoms with Crippen LogP contribution in [-0.4, -0.2) is 36.6 Å². The van der Waals surface area contributed by atoms with Gasteiger partial charge in [-0.1, -0.05) is 12.1 Å². The number of carbonyl (C=O) groups excluding carboxylic acids is 1. The Bertz CT molecular complexity index is 844. The SMILES string of the molecule is CSc1nn(CC(=O)Nc2cccc(C)c2)c(N)c1S(C)(=O)=O. The zero-order valence-corrected chi connectivity index (χ0v) is 14.7. The van der Waals surface area contributed by atoms with Gasteiger partial charge in [-0.25, -0.2) is 13.1 Å². The summed E-state index contributed by atoms with van der Waals surface area (Å²) in [5, 5.41) is 7.13. The maximum absolute atomic E-state index is 12.1. The monoisotopic (exact) mass is 354 g/mol. The number of sulfone groups is 1. The van der Waals surface area contributed by atoms with Crippen molar-refractivity contribution in [1.29, 1.82) is 0 Å². The molecule has 0 saturated heterocycles. The van der Waals surface area contributed by atoms with Crippen LogP contribution in [0.15, 0.2) is 34.2 Å². The number of hydrogen-bond acceptors (Lipinski definition) is 6. The van der Waals surface area contributed by atoms with Crippen molar-refractivity contribution < 1.29 is 13.2 Å². The van der Waals surface area contributed by atoms with Crippen molar-refractivity contribution in [1.82, 2.24) is 9.78 Å². The third-order valence-electron chi connectivity index (χ3n) is 3.08. The predicted molar refractivity (Wildman–Crippen MR) is 91.3 cm³/mol. The number of aromatic nitrogens is 2. The van der Waals surface area contributed by atoms with E-state index >= 15 is 0 Å². The molecule has 0 saturated carbocycles. The summed E-state index contributed by atoms with van der Waals surface area (Å²) in [6.07, 6.45) is 2.77. The Hall–Kier alpha value is -2.00. The molecule has 0 bridgehead atoms. The lowest BCUT2D eigenvalue weighted by molar-refractivity contribution is -0.116. The summed E-state index contributed by atoms with van der Waals surface area (Å²) in [7, 11) is -3.52. The van der Waals surface area contributed by atoms with Gasteiger partial charge in [-0.15, -0.1) is 11.8 Å². The van der Waals surface area contributed by atoms with Crippen molar-refractivity contribution in [2.45, 2.75) is 23.4 Å². The molecule has 1 aromatic heterocycles. The second-order valence-corrected chi connectivity index (χ2v) is 7.82. The van der Waals surface area contributed by atoms with Crippen LogP contribution in [-0.2, 0) is 21.2 Å². The van der Waals surface area contributed by atoms with Crippen LogP contribution < -0.4 is 11.1 Å². The van der Waals surface area contributed by atoms with Gasteiger partial charge in [-0.2, -0.15) is 5.10 Å². The number of amides is 1. The number of rotatable bonds is 5. The molecule has 23 heavy (non-hydrogen) atoms. The van der Waals surface area contributed by atoms with Gasteiger partial charge >= 0.3 is 0 Å². The predicted octanol–water partition coefficient (Wildman–Crippen LogP) is 1.54. The quantitative estimate of drug-likeness (QED) is 0.789. The summed E-state index contributed by atoms with van der Waals surface area (Å²) in [6.45, 7) is 1.76. The van der Waals surface area contributed by atoms with Crippen molar-refractivity contribution in [3.63, 3.8) is 0 Å². The molecular weight excluding hydrogens is 336 g/mol. The third-order valence-corrected chi connectivity index (χ3v) is 5.02. The average molecular weight is 354 g/mol. The fourth-order valence-corrected chi connectivity index (χ4v) is 4.12. The molecule has 0 spiro atoms. The first-order valence-electron chi connectivity index (χ1n) is 6.69. The smallest absolute Gasteiger partial charge is 0.246 e. The van der Waals surface area contributed by atoms with Gasteiger partial charge in [0.15, 0.2) is 9.84 Å². The Kier molecular flexibility index (Phi) is 5.00. The van der Waals surface area contributed by atoms with Gasteiger partial charge in [0, 0.05) is 11.9 Å². The number of nitrogen functional groups attached to an aromatic ring is 1. The van der Waals surface area contributed by atoms with Crippen LogP contribution >= 0.6 is 11.8 Å². The molecule has 7 nitrogen and oxygen atoms in total. The molecule has 1 amide bonds. The van der Waals surface area contributed by atoms with Crippen molar-refractivity contribution in [2.75, 3.05) is 23.6 Å². The highest BCUT2D eigenvalue weighted by Crippen LogP contribution is 2.29. The van der Waals surface area contributed by atoms with Gasteiger partial charge < -0.3 is 11.1 Å². The van der Waals surface area contributed by atoms with Crippen LogP contribution in [0.1, 0.15) is 5.56 Å². The molecule has 3 N–H and O–H groups in total. The van der Waals surface area contributed by atoms with E-state index < -0.39 is 9.84 Å². The molecule has 124 valence electrons. The van der Waals surface area contributed by atoms with E-state index in [0.29, 0.717) is 5.69 Å². The molecule has 0 radical (unpaired) electrons. The van der Waals surface area contributed by atoms with E-state index in [-0.39, 0.29) is 28.2 Å². The molecule has 0 aliphatic heterocycles. The Morgan fingerprint density at radius 1 is 1.43 bits per heavy atom. The summed E-state index contributed by atoms with van der Waals surface area (Å²) < 4.78 is 24.8. The summed E-state index contributed by atoms with van der Waals surface area (Å²) in [5.41, 5.74) is 7.54. The van der Waals surface area contributed by atoms with Crippen LogP contribution in [0.25, 0.3) is 0 Å². The minimum Gasteiger partial charge on any atom is -0.383 e. The van der Waals surface area contributed by atoms with Crippen molar-refractivity contribution in [3.8, 4) is 0 Å². The summed E-state index contributed by atoms with van der Waals surface area (Å²) in [6, 6.07) is 7.36. The minimum absolute atomic E-state index is 0.0313. The highest BCUT2D eigenvalue weighted by Gasteiger charge is 2.24. The number of benzene rings is 1. The maximum Gasteiger partial charge on any atom is 0.246 e. The second-order valence-electron chi connectivity index (χ2n) is 5.07. The van der Waals surface area contributed by atoms with E-state index in [1.54, 1.807) is 12.3 Å². The standard InChI is InChI=1S/C14H18N4O3S2/c1-9-5-4-6-10(7-9)16-11(19)8-18-13(15)12(23(3,20)21)14(17-18)22-2/h4-7H,8,15H2,1-3H3,(H,16,19). The Labute approximate surface area is 139 Å². The van der Waals surface area contributed by atoms with E-state index in [2.05, 4.69) is 10.4 Å². The van der Waals surface area contributed by atoms with Gasteiger partial charge in [0.05, 0.1) is 0 Å². The zero-order chi connectivity index (χ0) is 17.2. The molecule has 9 heteroatoms. The van der Waals surface area contributed by atoms with Gasteiger partial charge in [0.1, 0.15) is 22.3 Å².